The molecule has 0 aliphatic rings. The van der Waals surface area contributed by atoms with Crippen molar-refractivity contribution in [3.05, 3.63) is 0 Å². The van der Waals surface area contributed by atoms with Gasteiger partial charge in [0.2, 0.25) is 0 Å². The van der Waals surface area contributed by atoms with E-state index < -0.39 is 207 Å². The molecule has 39 heteroatoms. The average molecular weight is 1430 g/mol. The van der Waals surface area contributed by atoms with Crippen LogP contribution >= 0.6 is 0 Å². The molecule has 18 N–H and O–H groups in total. The van der Waals surface area contributed by atoms with Crippen LogP contribution in [0.4, 0.5) is 4.79 Å². The van der Waals surface area contributed by atoms with E-state index in [9.17, 15) is 101 Å². The van der Waals surface area contributed by atoms with Crippen LogP contribution in [0, 0.1) is 5.41 Å². The van der Waals surface area contributed by atoms with Gasteiger partial charge < -0.3 is 177 Å². The molecule has 0 aliphatic carbocycles. The first-order valence-corrected chi connectivity index (χ1v) is 31.5. The Morgan fingerprint density at radius 1 is 0.289 bits per heavy atom. The molecule has 0 rings (SSSR count). The summed E-state index contributed by atoms with van der Waals surface area (Å²) < 4.78 is 101. The molecule has 0 aromatic rings. The standard InChI is InChI=1S/C58H112O39/c1-4-58(35-86-20-47(76)18-81-15-41(70)6-60,37-88-31-54(30-84-24-48(11-65)89-21-43(72)8-62)96-57(79)97-56(78)39(3)95-55(77)38(2)68)36-87-29-52(93-33-50(13-67)92-32-49(12-66)90-22-44(73)9-63)27-85-26-51(25-83-19-46(75)17-80-14-40(69)5-59)94-34-53(91-23-45(74)10-64)28-82-16-42(71)7-61/h38-54,59-76H,4-37H2,1-3H3. The molecule has 0 saturated carbocycles. The second-order valence-electron chi connectivity index (χ2n) is 22.4. The highest BCUT2D eigenvalue weighted by atomic mass is 16.8. The number of ether oxygens (including phenoxy) is 18. The average Bonchev–Trinajstić information content (AvgIpc) is 0.993. The third kappa shape index (κ3) is 49.4. The molecule has 18 atom stereocenters. The molecular weight excluding hydrogens is 1320 g/mol. The fourth-order valence-electron chi connectivity index (χ4n) is 7.21. The van der Waals surface area contributed by atoms with E-state index in [1.807, 2.05) is 0 Å². The molecular formula is C58H112O39. The Kier molecular flexibility index (Phi) is 57.8. The Labute approximate surface area is 562 Å². The molecule has 39 nitrogen and oxygen atoms in total. The monoisotopic (exact) mass is 1430 g/mol. The maximum atomic E-state index is 13.0. The van der Waals surface area contributed by atoms with E-state index in [0.29, 0.717) is 0 Å². The lowest BCUT2D eigenvalue weighted by molar-refractivity contribution is -0.170. The van der Waals surface area contributed by atoms with Crippen LogP contribution in [0.25, 0.3) is 0 Å². The summed E-state index contributed by atoms with van der Waals surface area (Å²) in [6.45, 7) is -9.83. The quantitative estimate of drug-likeness (QED) is 0.0199. The van der Waals surface area contributed by atoms with Crippen LogP contribution in [-0.4, -0.2) is 432 Å². The lowest BCUT2D eigenvalue weighted by Crippen LogP contribution is -2.41. The first kappa shape index (κ1) is 94.1. The summed E-state index contributed by atoms with van der Waals surface area (Å²) in [5, 5.41) is 175. The van der Waals surface area contributed by atoms with Crippen LogP contribution in [-0.2, 0) is 94.9 Å². The van der Waals surface area contributed by atoms with Crippen LogP contribution in [0.2, 0.25) is 0 Å². The molecule has 0 spiro atoms. The van der Waals surface area contributed by atoms with Crippen molar-refractivity contribution >= 4 is 18.1 Å². The van der Waals surface area contributed by atoms with Crippen molar-refractivity contribution in [2.24, 2.45) is 5.41 Å². The second-order valence-corrected chi connectivity index (χ2v) is 22.4. The zero-order valence-corrected chi connectivity index (χ0v) is 55.5. The molecule has 0 fully saturated rings. The number of carbonyl (C=O) groups is 3. The number of rotatable bonds is 68. The van der Waals surface area contributed by atoms with E-state index >= 15 is 0 Å². The first-order valence-electron chi connectivity index (χ1n) is 31.5. The summed E-state index contributed by atoms with van der Waals surface area (Å²) in [5.74, 6) is -2.59. The van der Waals surface area contributed by atoms with Gasteiger partial charge in [0.15, 0.2) is 12.2 Å². The fourth-order valence-corrected chi connectivity index (χ4v) is 7.21. The Morgan fingerprint density at radius 3 is 0.928 bits per heavy atom. The Hall–Kier alpha value is -2.91. The zero-order valence-electron chi connectivity index (χ0n) is 55.5. The number of aliphatic hydroxyl groups is 18. The zero-order chi connectivity index (χ0) is 72.8. The van der Waals surface area contributed by atoms with Gasteiger partial charge in [-0.15, -0.1) is 0 Å². The maximum absolute atomic E-state index is 13.0. The van der Waals surface area contributed by atoms with Gasteiger partial charge in [-0.3, -0.25) is 0 Å². The lowest BCUT2D eigenvalue weighted by Gasteiger charge is -2.33. The first-order chi connectivity index (χ1) is 46.4. The molecule has 0 bridgehead atoms. The summed E-state index contributed by atoms with van der Waals surface area (Å²) in [7, 11) is 0. The van der Waals surface area contributed by atoms with Crippen molar-refractivity contribution in [2.75, 3.05) is 218 Å². The van der Waals surface area contributed by atoms with Crippen LogP contribution < -0.4 is 0 Å². The highest BCUT2D eigenvalue weighted by Crippen LogP contribution is 2.25. The summed E-state index contributed by atoms with van der Waals surface area (Å²) in [4.78, 5) is 37.6. The van der Waals surface area contributed by atoms with Crippen LogP contribution in [0.5, 0.6) is 0 Å². The Balaban J connectivity index is 7.18. The number of aliphatic hydroxyl groups excluding tert-OH is 18. The van der Waals surface area contributed by atoms with Gasteiger partial charge in [-0.2, -0.15) is 0 Å². The highest BCUT2D eigenvalue weighted by molar-refractivity contribution is 5.86. The lowest BCUT2D eigenvalue weighted by atomic mass is 9.88. The predicted molar refractivity (Wildman–Crippen MR) is 324 cm³/mol. The minimum absolute atomic E-state index is 0.173. The van der Waals surface area contributed by atoms with Gasteiger partial charge in [0, 0.05) is 5.41 Å². The molecule has 0 aromatic heterocycles. The van der Waals surface area contributed by atoms with Gasteiger partial charge >= 0.3 is 18.1 Å². The van der Waals surface area contributed by atoms with Crippen molar-refractivity contribution in [1.29, 1.82) is 0 Å². The minimum atomic E-state index is -1.69. The van der Waals surface area contributed by atoms with Crippen molar-refractivity contribution in [3.63, 3.8) is 0 Å². The van der Waals surface area contributed by atoms with E-state index in [0.717, 1.165) is 13.8 Å². The van der Waals surface area contributed by atoms with Gasteiger partial charge in [0.1, 0.15) is 91.6 Å². The fraction of sp³-hybridized carbons (Fsp3) is 0.948. The number of carbonyl (C=O) groups excluding carboxylic acids is 3. The normalized spacial score (nSPS) is 18.0. The number of hydrogen-bond acceptors (Lipinski definition) is 39. The van der Waals surface area contributed by atoms with Gasteiger partial charge in [0.05, 0.1) is 218 Å². The van der Waals surface area contributed by atoms with E-state index in [4.69, 9.17) is 90.4 Å². The van der Waals surface area contributed by atoms with Crippen molar-refractivity contribution < 1.29 is 192 Å². The van der Waals surface area contributed by atoms with Crippen LogP contribution in [0.15, 0.2) is 0 Å². The molecule has 97 heavy (non-hydrogen) atoms. The van der Waals surface area contributed by atoms with E-state index in [1.165, 1.54) is 0 Å². The highest BCUT2D eigenvalue weighted by Gasteiger charge is 2.34. The van der Waals surface area contributed by atoms with Gasteiger partial charge in [0.25, 0.3) is 0 Å². The van der Waals surface area contributed by atoms with Crippen LogP contribution in [0.3, 0.4) is 0 Å². The summed E-state index contributed by atoms with van der Waals surface area (Å²) in [6, 6.07) is 0. The largest absolute Gasteiger partial charge is 0.516 e. The Bertz CT molecular complexity index is 1860. The summed E-state index contributed by atoms with van der Waals surface area (Å²) in [5.41, 5.74) is -1.20. The minimum Gasteiger partial charge on any atom is -0.449 e. The molecule has 18 unspecified atom stereocenters. The SMILES string of the molecule is CCC(COCC(O)COCC(O)CO)(COCC(COCC(COCC(O)COCC(O)CO)OCC(COCC(O)CO)OCC(O)CO)OCC(CO)OCC(CO)OCC(O)CO)COCC(COCC(CO)OCC(O)CO)OC(=O)OC(=O)C(C)OC(=O)C(C)O. The number of hydrogen-bond donors (Lipinski definition) is 18. The molecule has 0 heterocycles. The third-order valence-corrected chi connectivity index (χ3v) is 13.0. The molecule has 0 aliphatic heterocycles. The van der Waals surface area contributed by atoms with E-state index in [1.54, 1.807) is 6.92 Å². The van der Waals surface area contributed by atoms with Crippen molar-refractivity contribution in [1.82, 2.24) is 0 Å². The third-order valence-electron chi connectivity index (χ3n) is 13.0. The van der Waals surface area contributed by atoms with Crippen molar-refractivity contribution in [2.45, 2.75) is 131 Å². The van der Waals surface area contributed by atoms with Gasteiger partial charge in [-0.1, -0.05) is 6.92 Å². The van der Waals surface area contributed by atoms with Crippen molar-refractivity contribution in [3.8, 4) is 0 Å². The van der Waals surface area contributed by atoms with E-state index in [-0.39, 0.29) is 145 Å². The van der Waals surface area contributed by atoms with Gasteiger partial charge in [-0.05, 0) is 20.3 Å². The maximum Gasteiger partial charge on any atom is 0.516 e. The second kappa shape index (κ2) is 59.6. The Morgan fingerprint density at radius 2 is 0.546 bits per heavy atom. The molecule has 578 valence electrons. The number of esters is 2. The molecule has 0 radical (unpaired) electrons. The molecule has 0 aromatic carbocycles. The smallest absolute Gasteiger partial charge is 0.449 e. The van der Waals surface area contributed by atoms with Crippen LogP contribution in [0.1, 0.15) is 27.2 Å². The topological polar surface area (TPSA) is 581 Å². The van der Waals surface area contributed by atoms with E-state index in [2.05, 4.69) is 0 Å². The summed E-state index contributed by atoms with van der Waals surface area (Å²) in [6.07, 6.45) is -22.4. The summed E-state index contributed by atoms with van der Waals surface area (Å²) >= 11 is 0. The molecule has 0 saturated heterocycles. The molecule has 0 amide bonds. The van der Waals surface area contributed by atoms with Gasteiger partial charge in [-0.25, -0.2) is 14.4 Å². The predicted octanol–water partition coefficient (Wildman–Crippen LogP) is -9.98.